The number of methoxy groups -OCH3 is 1. The van der Waals surface area contributed by atoms with Crippen LogP contribution in [0.4, 0.5) is 0 Å². The molecule has 168 valence electrons. The van der Waals surface area contributed by atoms with Gasteiger partial charge in [-0.15, -0.1) is 0 Å². The van der Waals surface area contributed by atoms with Crippen LogP contribution in [0.2, 0.25) is 0 Å². The molecule has 0 bridgehead atoms. The standard InChI is InChI=1S/C22H23N3O6S/c1-31-22(28)18-3-2-10-24(18)15-8-11-23(12-9-15)20(26)14-4-7-17-19(13-14)32(29,30)25(21(17)27)16-5-6-16/h2-4,7,10,13,15-16H,5-6,8-9,11-12H2,1H3. The maximum absolute atomic E-state index is 13.1. The number of carbonyl (C=O) groups is 3. The fourth-order valence-corrected chi connectivity index (χ4v) is 6.41. The molecule has 1 saturated carbocycles. The van der Waals surface area contributed by atoms with Crippen molar-refractivity contribution in [3.8, 4) is 0 Å². The number of fused-ring (bicyclic) bond motifs is 1. The molecule has 2 aliphatic heterocycles. The number of rotatable bonds is 4. The van der Waals surface area contributed by atoms with Crippen molar-refractivity contribution in [3.05, 3.63) is 53.3 Å². The minimum absolute atomic E-state index is 0.0632. The number of hydrogen-bond donors (Lipinski definition) is 0. The molecular weight excluding hydrogens is 434 g/mol. The van der Waals surface area contributed by atoms with Crippen molar-refractivity contribution < 1.29 is 27.5 Å². The van der Waals surface area contributed by atoms with Crippen LogP contribution in [-0.2, 0) is 14.8 Å². The molecule has 10 heteroatoms. The topological polar surface area (TPSA) is 106 Å². The number of piperidine rings is 1. The monoisotopic (exact) mass is 457 g/mol. The van der Waals surface area contributed by atoms with Crippen molar-refractivity contribution in [2.75, 3.05) is 20.2 Å². The second-order valence-electron chi connectivity index (χ2n) is 8.36. The zero-order chi connectivity index (χ0) is 22.6. The first-order chi connectivity index (χ1) is 15.3. The summed E-state index contributed by atoms with van der Waals surface area (Å²) in [5.41, 5.74) is 0.869. The zero-order valence-electron chi connectivity index (χ0n) is 17.6. The summed E-state index contributed by atoms with van der Waals surface area (Å²) >= 11 is 0. The molecule has 0 atom stereocenters. The maximum atomic E-state index is 13.1. The summed E-state index contributed by atoms with van der Waals surface area (Å²) < 4.78 is 33.4. The van der Waals surface area contributed by atoms with Crippen LogP contribution in [0.15, 0.2) is 41.4 Å². The minimum atomic E-state index is -3.91. The van der Waals surface area contributed by atoms with E-state index in [2.05, 4.69) is 0 Å². The molecule has 0 radical (unpaired) electrons. The average Bonchev–Trinajstić information content (AvgIpc) is 3.45. The molecule has 3 heterocycles. The largest absolute Gasteiger partial charge is 0.464 e. The second-order valence-corrected chi connectivity index (χ2v) is 10.1. The highest BCUT2D eigenvalue weighted by molar-refractivity contribution is 7.90. The van der Waals surface area contributed by atoms with Crippen LogP contribution in [0.3, 0.4) is 0 Å². The Hall–Kier alpha value is -3.14. The van der Waals surface area contributed by atoms with Crippen LogP contribution in [0, 0.1) is 0 Å². The quantitative estimate of drug-likeness (QED) is 0.651. The minimum Gasteiger partial charge on any atom is -0.464 e. The molecule has 2 aromatic rings. The summed E-state index contributed by atoms with van der Waals surface area (Å²) in [4.78, 5) is 39.2. The van der Waals surface area contributed by atoms with E-state index in [0.717, 1.165) is 4.31 Å². The lowest BCUT2D eigenvalue weighted by molar-refractivity contribution is 0.0573. The maximum Gasteiger partial charge on any atom is 0.354 e. The van der Waals surface area contributed by atoms with Crippen LogP contribution in [0.1, 0.15) is 62.9 Å². The lowest BCUT2D eigenvalue weighted by Gasteiger charge is -2.33. The van der Waals surface area contributed by atoms with Crippen LogP contribution in [0.25, 0.3) is 0 Å². The molecule has 32 heavy (non-hydrogen) atoms. The first-order valence-corrected chi connectivity index (χ1v) is 12.0. The summed E-state index contributed by atoms with van der Waals surface area (Å²) in [6.45, 7) is 0.943. The van der Waals surface area contributed by atoms with Crippen molar-refractivity contribution in [1.82, 2.24) is 13.8 Å². The molecule has 9 nitrogen and oxygen atoms in total. The highest BCUT2D eigenvalue weighted by Crippen LogP contribution is 2.40. The Morgan fingerprint density at radius 3 is 2.41 bits per heavy atom. The van der Waals surface area contributed by atoms with E-state index in [1.807, 2.05) is 10.8 Å². The fraction of sp³-hybridized carbons (Fsp3) is 0.409. The smallest absolute Gasteiger partial charge is 0.354 e. The van der Waals surface area contributed by atoms with E-state index in [9.17, 15) is 22.8 Å². The SMILES string of the molecule is COC(=O)c1cccn1C1CCN(C(=O)c2ccc3c(c2)S(=O)(=O)N(C2CC2)C3=O)CC1. The highest BCUT2D eigenvalue weighted by atomic mass is 32.2. The van der Waals surface area contributed by atoms with Crippen LogP contribution in [-0.4, -0.2) is 66.2 Å². The van der Waals surface area contributed by atoms with E-state index in [-0.39, 0.29) is 34.0 Å². The van der Waals surface area contributed by atoms with Gasteiger partial charge >= 0.3 is 5.97 Å². The summed E-state index contributed by atoms with van der Waals surface area (Å²) in [6.07, 6.45) is 4.50. The van der Waals surface area contributed by atoms with Gasteiger partial charge in [-0.1, -0.05) is 0 Å². The summed E-state index contributed by atoms with van der Waals surface area (Å²) in [5, 5.41) is 0. The number of hydrogen-bond acceptors (Lipinski definition) is 6. The number of nitrogens with zero attached hydrogens (tertiary/aromatic N) is 3. The van der Waals surface area contributed by atoms with Crippen LogP contribution < -0.4 is 0 Å². The summed E-state index contributed by atoms with van der Waals surface area (Å²) in [6, 6.07) is 7.61. The Morgan fingerprint density at radius 1 is 1.03 bits per heavy atom. The van der Waals surface area contributed by atoms with Gasteiger partial charge in [0.1, 0.15) is 10.6 Å². The number of likely N-dealkylation sites (tertiary alicyclic amines) is 1. The predicted octanol–water partition coefficient (Wildman–Crippen LogP) is 2.06. The van der Waals surface area contributed by atoms with E-state index in [1.165, 1.54) is 25.3 Å². The number of aromatic nitrogens is 1. The molecule has 1 aromatic carbocycles. The Labute approximate surface area is 185 Å². The number of benzene rings is 1. The molecule has 0 N–H and O–H groups in total. The first-order valence-electron chi connectivity index (χ1n) is 10.6. The van der Waals surface area contributed by atoms with E-state index >= 15 is 0 Å². The Kier molecular flexibility index (Phi) is 4.85. The molecule has 2 fully saturated rings. The summed E-state index contributed by atoms with van der Waals surface area (Å²) in [5.74, 6) is -1.17. The zero-order valence-corrected chi connectivity index (χ0v) is 18.4. The average molecular weight is 458 g/mol. The Balaban J connectivity index is 1.32. The molecule has 1 saturated heterocycles. The normalized spacial score (nSPS) is 20.3. The molecule has 0 spiro atoms. The first kappa shape index (κ1) is 20.7. The third kappa shape index (κ3) is 3.21. The second kappa shape index (κ2) is 7.47. The van der Waals surface area contributed by atoms with Gasteiger partial charge in [-0.05, 0) is 56.0 Å². The molecule has 2 amide bonds. The number of carbonyl (C=O) groups excluding carboxylic acids is 3. The molecule has 3 aliphatic rings. The molecule has 5 rings (SSSR count). The number of ether oxygens (including phenoxy) is 1. The van der Waals surface area contributed by atoms with Gasteiger partial charge in [-0.2, -0.15) is 0 Å². The molecule has 1 aromatic heterocycles. The van der Waals surface area contributed by atoms with E-state index in [0.29, 0.717) is 44.5 Å². The lowest BCUT2D eigenvalue weighted by Crippen LogP contribution is -2.39. The van der Waals surface area contributed by atoms with Gasteiger partial charge in [0.05, 0.1) is 12.7 Å². The number of amides is 2. The van der Waals surface area contributed by atoms with Gasteiger partial charge in [-0.25, -0.2) is 17.5 Å². The molecular formula is C22H23N3O6S. The third-order valence-electron chi connectivity index (χ3n) is 6.39. The van der Waals surface area contributed by atoms with Gasteiger partial charge in [0.25, 0.3) is 21.8 Å². The van der Waals surface area contributed by atoms with E-state index in [1.54, 1.807) is 17.0 Å². The van der Waals surface area contributed by atoms with Gasteiger partial charge in [0.2, 0.25) is 0 Å². The predicted molar refractivity (Wildman–Crippen MR) is 113 cm³/mol. The Bertz CT molecular complexity index is 1220. The van der Waals surface area contributed by atoms with Crippen molar-refractivity contribution in [3.63, 3.8) is 0 Å². The van der Waals surface area contributed by atoms with E-state index in [4.69, 9.17) is 4.74 Å². The van der Waals surface area contributed by atoms with Crippen molar-refractivity contribution in [1.29, 1.82) is 0 Å². The lowest BCUT2D eigenvalue weighted by atomic mass is 10.0. The van der Waals surface area contributed by atoms with Gasteiger partial charge < -0.3 is 14.2 Å². The summed E-state index contributed by atoms with van der Waals surface area (Å²) in [7, 11) is -2.56. The number of sulfonamides is 1. The molecule has 0 unspecified atom stereocenters. The van der Waals surface area contributed by atoms with Crippen molar-refractivity contribution >= 4 is 27.8 Å². The van der Waals surface area contributed by atoms with Gasteiger partial charge in [-0.3, -0.25) is 9.59 Å². The molecule has 1 aliphatic carbocycles. The highest BCUT2D eigenvalue weighted by Gasteiger charge is 2.49. The van der Waals surface area contributed by atoms with E-state index < -0.39 is 21.9 Å². The van der Waals surface area contributed by atoms with Gasteiger partial charge in [0.15, 0.2) is 0 Å². The van der Waals surface area contributed by atoms with Crippen molar-refractivity contribution in [2.45, 2.75) is 42.7 Å². The van der Waals surface area contributed by atoms with Crippen LogP contribution in [0.5, 0.6) is 0 Å². The Morgan fingerprint density at radius 2 is 1.75 bits per heavy atom. The third-order valence-corrected chi connectivity index (χ3v) is 8.27. The van der Waals surface area contributed by atoms with Gasteiger partial charge in [0, 0.05) is 36.9 Å². The fourth-order valence-electron chi connectivity index (χ4n) is 4.57. The van der Waals surface area contributed by atoms with Crippen LogP contribution >= 0.6 is 0 Å². The van der Waals surface area contributed by atoms with Crippen molar-refractivity contribution in [2.24, 2.45) is 0 Å². The number of esters is 1.